The molecular weight excluding hydrogens is 336 g/mol. The van der Waals surface area contributed by atoms with E-state index in [1.54, 1.807) is 12.5 Å². The summed E-state index contributed by atoms with van der Waals surface area (Å²) in [5.74, 6) is -0.805. The van der Waals surface area contributed by atoms with Crippen molar-refractivity contribution in [2.45, 2.75) is 51.2 Å². The molecule has 2 saturated carbocycles. The first-order valence-electron chi connectivity index (χ1n) is 9.58. The molecular formula is C20H24O6. The fourth-order valence-corrected chi connectivity index (χ4v) is 6.55. The highest BCUT2D eigenvalue weighted by Gasteiger charge is 2.72. The Balaban J connectivity index is 1.60. The predicted molar refractivity (Wildman–Crippen MR) is 88.6 cm³/mol. The third-order valence-corrected chi connectivity index (χ3v) is 7.80. The Labute approximate surface area is 151 Å². The van der Waals surface area contributed by atoms with Gasteiger partial charge >= 0.3 is 11.9 Å². The Morgan fingerprint density at radius 3 is 2.88 bits per heavy atom. The zero-order chi connectivity index (χ0) is 18.1. The van der Waals surface area contributed by atoms with Crippen molar-refractivity contribution in [3.05, 3.63) is 24.2 Å². The van der Waals surface area contributed by atoms with Crippen molar-refractivity contribution in [2.75, 3.05) is 6.61 Å². The van der Waals surface area contributed by atoms with Gasteiger partial charge in [-0.25, -0.2) is 0 Å². The molecule has 0 unspecified atom stereocenters. The smallest absolute Gasteiger partial charge is 0.313 e. The molecule has 0 bridgehead atoms. The first kappa shape index (κ1) is 16.4. The Morgan fingerprint density at radius 1 is 1.27 bits per heavy atom. The summed E-state index contributed by atoms with van der Waals surface area (Å²) < 4.78 is 16.4. The number of esters is 2. The van der Waals surface area contributed by atoms with Crippen molar-refractivity contribution in [1.29, 1.82) is 0 Å². The lowest BCUT2D eigenvalue weighted by molar-refractivity contribution is -0.191. The SMILES string of the molecule is C[C@H]1C[C@@H](O)[C@@]23COC(=O)[C@@H]2CCC[C@@H]3[C@@]12C[C@@H](c1ccoc1)OC2=O. The number of hydrogen-bond acceptors (Lipinski definition) is 6. The predicted octanol–water partition coefficient (Wildman–Crippen LogP) is 2.61. The van der Waals surface area contributed by atoms with Crippen LogP contribution in [0, 0.1) is 28.6 Å². The van der Waals surface area contributed by atoms with Gasteiger partial charge in [0.15, 0.2) is 0 Å². The van der Waals surface area contributed by atoms with Gasteiger partial charge in [-0.2, -0.15) is 0 Å². The normalized spacial score (nSPS) is 47.4. The van der Waals surface area contributed by atoms with Crippen molar-refractivity contribution in [1.82, 2.24) is 0 Å². The average molecular weight is 360 g/mol. The number of aliphatic hydroxyl groups excluding tert-OH is 1. The molecule has 0 aromatic carbocycles. The van der Waals surface area contributed by atoms with Gasteiger partial charge in [0.05, 0.1) is 30.0 Å². The van der Waals surface area contributed by atoms with E-state index < -0.39 is 16.9 Å². The van der Waals surface area contributed by atoms with E-state index in [4.69, 9.17) is 13.9 Å². The lowest BCUT2D eigenvalue weighted by Gasteiger charge is -2.58. The van der Waals surface area contributed by atoms with E-state index in [2.05, 4.69) is 0 Å². The number of rotatable bonds is 1. The largest absolute Gasteiger partial charge is 0.472 e. The van der Waals surface area contributed by atoms with Crippen molar-refractivity contribution < 1.29 is 28.6 Å². The summed E-state index contributed by atoms with van der Waals surface area (Å²) in [6.45, 7) is 2.26. The zero-order valence-electron chi connectivity index (χ0n) is 14.8. The molecule has 3 heterocycles. The van der Waals surface area contributed by atoms with Gasteiger partial charge in [-0.05, 0) is 37.2 Å². The minimum absolute atomic E-state index is 0.00743. The number of ether oxygens (including phenoxy) is 2. The molecule has 6 heteroatoms. The first-order valence-corrected chi connectivity index (χ1v) is 9.58. The van der Waals surface area contributed by atoms with Gasteiger partial charge in [0.1, 0.15) is 12.7 Å². The lowest BCUT2D eigenvalue weighted by Crippen LogP contribution is -2.63. The number of hydrogen-bond donors (Lipinski definition) is 1. The second-order valence-corrected chi connectivity index (χ2v) is 8.60. The first-order chi connectivity index (χ1) is 12.5. The summed E-state index contributed by atoms with van der Waals surface area (Å²) in [7, 11) is 0. The van der Waals surface area contributed by atoms with E-state index >= 15 is 0 Å². The van der Waals surface area contributed by atoms with Crippen LogP contribution in [0.4, 0.5) is 0 Å². The summed E-state index contributed by atoms with van der Waals surface area (Å²) in [6.07, 6.45) is 5.77. The number of fused-ring (bicyclic) bond motifs is 1. The van der Waals surface area contributed by atoms with Crippen molar-refractivity contribution in [2.24, 2.45) is 28.6 Å². The topological polar surface area (TPSA) is 86.0 Å². The van der Waals surface area contributed by atoms with E-state index in [1.165, 1.54) is 0 Å². The van der Waals surface area contributed by atoms with Gasteiger partial charge in [0.25, 0.3) is 0 Å². The molecule has 1 aromatic heterocycles. The van der Waals surface area contributed by atoms with Gasteiger partial charge < -0.3 is 19.0 Å². The number of carbonyl (C=O) groups is 2. The monoisotopic (exact) mass is 360 g/mol. The van der Waals surface area contributed by atoms with Crippen LogP contribution in [0.3, 0.4) is 0 Å². The number of carbonyl (C=O) groups excluding carboxylic acids is 2. The maximum Gasteiger partial charge on any atom is 0.313 e. The van der Waals surface area contributed by atoms with Crippen LogP contribution in [0.15, 0.2) is 23.0 Å². The summed E-state index contributed by atoms with van der Waals surface area (Å²) >= 11 is 0. The van der Waals surface area contributed by atoms with Crippen LogP contribution in [0.1, 0.15) is 50.7 Å². The minimum atomic E-state index is -0.673. The molecule has 5 rings (SSSR count). The molecule has 4 fully saturated rings. The van der Waals surface area contributed by atoms with Gasteiger partial charge in [-0.15, -0.1) is 0 Å². The van der Waals surface area contributed by atoms with Crippen LogP contribution < -0.4 is 0 Å². The van der Waals surface area contributed by atoms with Crippen LogP contribution in [0.2, 0.25) is 0 Å². The molecule has 4 aliphatic rings. The van der Waals surface area contributed by atoms with E-state index in [0.29, 0.717) is 12.8 Å². The second kappa shape index (κ2) is 5.35. The molecule has 2 saturated heterocycles. The molecule has 0 amide bonds. The van der Waals surface area contributed by atoms with Gasteiger partial charge in [0.2, 0.25) is 0 Å². The summed E-state index contributed by atoms with van der Waals surface area (Å²) in [4.78, 5) is 25.6. The molecule has 140 valence electrons. The second-order valence-electron chi connectivity index (χ2n) is 8.60. The van der Waals surface area contributed by atoms with Crippen LogP contribution in [0.25, 0.3) is 0 Å². The van der Waals surface area contributed by atoms with Crippen LogP contribution in [-0.2, 0) is 19.1 Å². The quantitative estimate of drug-likeness (QED) is 0.775. The zero-order valence-corrected chi connectivity index (χ0v) is 14.8. The number of furan rings is 1. The molecule has 1 N–H and O–H groups in total. The highest BCUT2D eigenvalue weighted by atomic mass is 16.6. The van der Waals surface area contributed by atoms with Gasteiger partial charge in [0, 0.05) is 17.4 Å². The average Bonchev–Trinajstić information content (AvgIpc) is 3.33. The Bertz CT molecular complexity index is 741. The maximum absolute atomic E-state index is 13.2. The maximum atomic E-state index is 13.2. The minimum Gasteiger partial charge on any atom is -0.472 e. The highest BCUT2D eigenvalue weighted by Crippen LogP contribution is 2.68. The summed E-state index contributed by atoms with van der Waals surface area (Å²) in [5, 5.41) is 11.0. The standard InChI is InChI=1S/C20H24O6/c1-11-7-16(21)20-10-25-17(22)13(20)3-2-4-15(20)19(11)8-14(26-18(19)23)12-5-6-24-9-12/h5-6,9,11,13-16,21H,2-4,7-8,10H2,1H3/t11-,13-,14-,15+,16+,19+,20-/m0/s1. The van der Waals surface area contributed by atoms with Gasteiger partial charge in [-0.3, -0.25) is 9.59 Å². The lowest BCUT2D eigenvalue weighted by atomic mass is 9.43. The van der Waals surface area contributed by atoms with Gasteiger partial charge in [-0.1, -0.05) is 13.3 Å². The molecule has 2 aliphatic heterocycles. The molecule has 1 aromatic rings. The highest BCUT2D eigenvalue weighted by molar-refractivity contribution is 5.82. The summed E-state index contributed by atoms with van der Waals surface area (Å²) in [5.41, 5.74) is -0.450. The van der Waals surface area contributed by atoms with E-state index in [9.17, 15) is 14.7 Å². The third-order valence-electron chi connectivity index (χ3n) is 7.80. The Morgan fingerprint density at radius 2 is 2.12 bits per heavy atom. The molecule has 26 heavy (non-hydrogen) atoms. The molecule has 6 nitrogen and oxygen atoms in total. The van der Waals surface area contributed by atoms with E-state index in [-0.39, 0.29) is 42.4 Å². The van der Waals surface area contributed by atoms with E-state index in [1.807, 2.05) is 13.0 Å². The Hall–Kier alpha value is -1.82. The number of aliphatic hydroxyl groups is 1. The van der Waals surface area contributed by atoms with Crippen LogP contribution in [-0.4, -0.2) is 29.8 Å². The molecule has 7 atom stereocenters. The fourth-order valence-electron chi connectivity index (χ4n) is 6.55. The Kier molecular flexibility index (Phi) is 3.36. The third kappa shape index (κ3) is 1.81. The molecule has 2 aliphatic carbocycles. The van der Waals surface area contributed by atoms with Crippen molar-refractivity contribution in [3.8, 4) is 0 Å². The van der Waals surface area contributed by atoms with Crippen LogP contribution in [0.5, 0.6) is 0 Å². The fraction of sp³-hybridized carbons (Fsp3) is 0.700. The van der Waals surface area contributed by atoms with Crippen molar-refractivity contribution >= 4 is 11.9 Å². The van der Waals surface area contributed by atoms with Crippen LogP contribution >= 0.6 is 0 Å². The summed E-state index contributed by atoms with van der Waals surface area (Å²) in [6, 6.07) is 1.83. The van der Waals surface area contributed by atoms with Crippen molar-refractivity contribution in [3.63, 3.8) is 0 Å². The van der Waals surface area contributed by atoms with E-state index in [0.717, 1.165) is 24.8 Å². The molecule has 0 radical (unpaired) electrons. The number of cyclic esters (lactones) is 2. The molecule has 2 spiro atoms.